The molecule has 0 aliphatic rings. The third kappa shape index (κ3) is 4.62. The van der Waals surface area contributed by atoms with Gasteiger partial charge in [0.15, 0.2) is 0 Å². The van der Waals surface area contributed by atoms with Crippen LogP contribution in [0.1, 0.15) is 31.8 Å². The van der Waals surface area contributed by atoms with Crippen molar-refractivity contribution in [3.63, 3.8) is 0 Å². The summed E-state index contributed by atoms with van der Waals surface area (Å²) in [4.78, 5) is 21.2. The molecule has 4 nitrogen and oxygen atoms in total. The average Bonchev–Trinajstić information content (AvgIpc) is 2.48. The highest BCUT2D eigenvalue weighted by Crippen LogP contribution is 2.13. The topological polar surface area (TPSA) is 74.6 Å². The van der Waals surface area contributed by atoms with E-state index in [-0.39, 0.29) is 16.7 Å². The van der Waals surface area contributed by atoms with Gasteiger partial charge in [-0.15, -0.1) is 0 Å². The largest absolute Gasteiger partial charge is 0.478 e. The maximum atomic E-state index is 10.6. The molecule has 0 radical (unpaired) electrons. The molecule has 0 atom stereocenters. The van der Waals surface area contributed by atoms with Crippen molar-refractivity contribution in [1.82, 2.24) is 0 Å². The molecular weight excluding hydrogens is 268 g/mol. The standard InChI is InChI=1S/C9H8O4.C8H8/c1-5-6(8(10)11)3-2-4-7(5)9(12)13;1-2-8-6-4-3-5-7-8/h2-4H,1H3,(H,10,11)(H,12,13);2-7H,1H2. The molecule has 0 unspecified atom stereocenters. The van der Waals surface area contributed by atoms with Gasteiger partial charge >= 0.3 is 11.9 Å². The minimum absolute atomic E-state index is 0.0277. The van der Waals surface area contributed by atoms with Gasteiger partial charge in [-0.25, -0.2) is 9.59 Å². The number of hydrogen-bond acceptors (Lipinski definition) is 2. The van der Waals surface area contributed by atoms with E-state index in [2.05, 4.69) is 6.58 Å². The normalized spacial score (nSPS) is 9.19. The summed E-state index contributed by atoms with van der Waals surface area (Å²) in [6.07, 6.45) is 1.83. The molecule has 0 saturated heterocycles. The second kappa shape index (κ2) is 7.65. The number of carboxylic acid groups (broad SMARTS) is 2. The first-order valence-corrected chi connectivity index (χ1v) is 6.21. The van der Waals surface area contributed by atoms with Gasteiger partial charge in [-0.05, 0) is 30.2 Å². The summed E-state index contributed by atoms with van der Waals surface area (Å²) in [5, 5.41) is 17.4. The lowest BCUT2D eigenvalue weighted by molar-refractivity contribution is 0.0696. The van der Waals surface area contributed by atoms with E-state index in [0.29, 0.717) is 0 Å². The summed E-state index contributed by atoms with van der Waals surface area (Å²) in [5.41, 5.74) is 1.51. The van der Waals surface area contributed by atoms with Crippen molar-refractivity contribution >= 4 is 18.0 Å². The van der Waals surface area contributed by atoms with Crippen LogP contribution < -0.4 is 0 Å². The first-order valence-electron chi connectivity index (χ1n) is 6.21. The van der Waals surface area contributed by atoms with Crippen molar-refractivity contribution in [1.29, 1.82) is 0 Å². The quantitative estimate of drug-likeness (QED) is 0.900. The van der Waals surface area contributed by atoms with E-state index >= 15 is 0 Å². The van der Waals surface area contributed by atoms with Gasteiger partial charge in [-0.1, -0.05) is 49.1 Å². The van der Waals surface area contributed by atoms with Crippen molar-refractivity contribution in [3.05, 3.63) is 77.4 Å². The molecule has 0 spiro atoms. The molecule has 0 aromatic heterocycles. The SMILES string of the molecule is C=Cc1ccccc1.Cc1c(C(=O)O)cccc1C(=O)O. The summed E-state index contributed by atoms with van der Waals surface area (Å²) in [6.45, 7) is 5.11. The number of carboxylic acids is 2. The summed E-state index contributed by atoms with van der Waals surface area (Å²) in [7, 11) is 0. The summed E-state index contributed by atoms with van der Waals surface area (Å²) in [5.74, 6) is -2.22. The van der Waals surface area contributed by atoms with Crippen LogP contribution in [0.15, 0.2) is 55.1 Å². The van der Waals surface area contributed by atoms with Gasteiger partial charge in [0.05, 0.1) is 11.1 Å². The Balaban J connectivity index is 0.000000235. The number of hydrogen-bond donors (Lipinski definition) is 2. The zero-order valence-corrected chi connectivity index (χ0v) is 11.6. The molecule has 0 fully saturated rings. The lowest BCUT2D eigenvalue weighted by Gasteiger charge is -2.03. The minimum atomic E-state index is -1.11. The zero-order valence-electron chi connectivity index (χ0n) is 11.6. The van der Waals surface area contributed by atoms with E-state index in [1.165, 1.54) is 30.7 Å². The van der Waals surface area contributed by atoms with E-state index in [1.54, 1.807) is 0 Å². The van der Waals surface area contributed by atoms with Crippen molar-refractivity contribution < 1.29 is 19.8 Å². The third-order valence-electron chi connectivity index (χ3n) is 2.83. The first-order chi connectivity index (χ1) is 9.97. The van der Waals surface area contributed by atoms with Crippen molar-refractivity contribution in [2.24, 2.45) is 0 Å². The Hall–Kier alpha value is -2.88. The highest BCUT2D eigenvalue weighted by molar-refractivity contribution is 5.96. The maximum Gasteiger partial charge on any atom is 0.335 e. The fourth-order valence-electron chi connectivity index (χ4n) is 1.69. The van der Waals surface area contributed by atoms with Crippen LogP contribution in [-0.4, -0.2) is 22.2 Å². The molecule has 2 aromatic carbocycles. The third-order valence-corrected chi connectivity index (χ3v) is 2.83. The van der Waals surface area contributed by atoms with Crippen LogP contribution in [0.3, 0.4) is 0 Å². The van der Waals surface area contributed by atoms with E-state index in [1.807, 2.05) is 36.4 Å². The van der Waals surface area contributed by atoms with Crippen LogP contribution in [-0.2, 0) is 0 Å². The van der Waals surface area contributed by atoms with E-state index < -0.39 is 11.9 Å². The molecule has 0 aliphatic heterocycles. The molecule has 0 bridgehead atoms. The molecular formula is C17H16O4. The van der Waals surface area contributed by atoms with E-state index in [4.69, 9.17) is 10.2 Å². The molecule has 0 aliphatic carbocycles. The Labute approximate surface area is 123 Å². The molecule has 0 amide bonds. The molecule has 2 rings (SSSR count). The molecule has 2 N–H and O–H groups in total. The van der Waals surface area contributed by atoms with Crippen molar-refractivity contribution in [2.45, 2.75) is 6.92 Å². The Bertz CT molecular complexity index is 613. The van der Waals surface area contributed by atoms with Crippen LogP contribution >= 0.6 is 0 Å². The second-order valence-electron chi connectivity index (χ2n) is 4.20. The van der Waals surface area contributed by atoms with Crippen LogP contribution in [0.2, 0.25) is 0 Å². The maximum absolute atomic E-state index is 10.6. The molecule has 2 aromatic rings. The number of rotatable bonds is 3. The Kier molecular flexibility index (Phi) is 5.89. The van der Waals surface area contributed by atoms with Gasteiger partial charge in [0.1, 0.15) is 0 Å². The zero-order chi connectivity index (χ0) is 15.8. The number of aromatic carboxylic acids is 2. The predicted octanol–water partition coefficient (Wildman–Crippen LogP) is 3.72. The number of carbonyl (C=O) groups is 2. The molecule has 21 heavy (non-hydrogen) atoms. The Morgan fingerprint density at radius 3 is 1.71 bits per heavy atom. The van der Waals surface area contributed by atoms with Gasteiger partial charge in [-0.3, -0.25) is 0 Å². The summed E-state index contributed by atoms with van der Waals surface area (Å²) in [6, 6.07) is 14.2. The van der Waals surface area contributed by atoms with E-state index in [9.17, 15) is 9.59 Å². The van der Waals surface area contributed by atoms with Crippen LogP contribution in [0.4, 0.5) is 0 Å². The Morgan fingerprint density at radius 2 is 1.38 bits per heavy atom. The number of benzene rings is 2. The molecule has 0 saturated carbocycles. The fourth-order valence-corrected chi connectivity index (χ4v) is 1.69. The lowest BCUT2D eigenvalue weighted by Crippen LogP contribution is -2.06. The minimum Gasteiger partial charge on any atom is -0.478 e. The summed E-state index contributed by atoms with van der Waals surface area (Å²) < 4.78 is 0. The second-order valence-corrected chi connectivity index (χ2v) is 4.20. The van der Waals surface area contributed by atoms with Crippen LogP contribution in [0.5, 0.6) is 0 Å². The summed E-state index contributed by atoms with van der Waals surface area (Å²) >= 11 is 0. The van der Waals surface area contributed by atoms with Gasteiger partial charge in [0.25, 0.3) is 0 Å². The average molecular weight is 284 g/mol. The molecule has 4 heteroatoms. The van der Waals surface area contributed by atoms with Crippen LogP contribution in [0.25, 0.3) is 6.08 Å². The molecule has 0 heterocycles. The van der Waals surface area contributed by atoms with Crippen LogP contribution in [0, 0.1) is 6.92 Å². The van der Waals surface area contributed by atoms with Gasteiger partial charge < -0.3 is 10.2 Å². The van der Waals surface area contributed by atoms with Gasteiger partial charge in [-0.2, -0.15) is 0 Å². The van der Waals surface area contributed by atoms with Crippen molar-refractivity contribution in [3.8, 4) is 0 Å². The van der Waals surface area contributed by atoms with Gasteiger partial charge in [0, 0.05) is 0 Å². The highest BCUT2D eigenvalue weighted by Gasteiger charge is 2.13. The van der Waals surface area contributed by atoms with Crippen molar-refractivity contribution in [2.75, 3.05) is 0 Å². The lowest BCUT2D eigenvalue weighted by atomic mass is 10.0. The smallest absolute Gasteiger partial charge is 0.335 e. The Morgan fingerprint density at radius 1 is 0.905 bits per heavy atom. The highest BCUT2D eigenvalue weighted by atomic mass is 16.4. The first kappa shape index (κ1) is 16.2. The monoisotopic (exact) mass is 284 g/mol. The van der Waals surface area contributed by atoms with Gasteiger partial charge in [0.2, 0.25) is 0 Å². The van der Waals surface area contributed by atoms with E-state index in [0.717, 1.165) is 0 Å². The predicted molar refractivity (Wildman–Crippen MR) is 81.6 cm³/mol. The fraction of sp³-hybridized carbons (Fsp3) is 0.0588. The molecule has 108 valence electrons.